The van der Waals surface area contributed by atoms with Crippen molar-refractivity contribution in [2.24, 2.45) is 0 Å². The van der Waals surface area contributed by atoms with Gasteiger partial charge in [-0.25, -0.2) is 4.98 Å². The fourth-order valence-corrected chi connectivity index (χ4v) is 2.90. The topological polar surface area (TPSA) is 76.7 Å². The molecule has 0 aromatic carbocycles. The van der Waals surface area contributed by atoms with Gasteiger partial charge in [0.2, 0.25) is 5.95 Å². The average molecular weight is 289 g/mol. The summed E-state index contributed by atoms with van der Waals surface area (Å²) in [4.78, 5) is 14.8. The molecule has 5 nitrogen and oxygen atoms in total. The van der Waals surface area contributed by atoms with Gasteiger partial charge in [0.1, 0.15) is 5.82 Å². The Labute approximate surface area is 123 Å². The third-order valence-corrected chi connectivity index (χ3v) is 3.99. The van der Waals surface area contributed by atoms with E-state index < -0.39 is 0 Å². The maximum absolute atomic E-state index is 5.98. The number of nitrogen functional groups attached to an aromatic ring is 1. The number of hydrogen-bond donors (Lipinski definition) is 2. The summed E-state index contributed by atoms with van der Waals surface area (Å²) in [7, 11) is 1.77. The standard InChI is InChI=1S/C14H19N5S/c1-8(2)10-6-17-9(3)5-11(10)20-12-7-18-14(16-4)19-13(12)15/h5-8H,1-4H3,(H3,15,16,18,19). The van der Waals surface area contributed by atoms with Gasteiger partial charge in [-0.1, -0.05) is 25.6 Å². The van der Waals surface area contributed by atoms with Crippen molar-refractivity contribution in [2.45, 2.75) is 36.5 Å². The van der Waals surface area contributed by atoms with Gasteiger partial charge in [0.25, 0.3) is 0 Å². The quantitative estimate of drug-likeness (QED) is 0.900. The van der Waals surface area contributed by atoms with E-state index in [0.29, 0.717) is 17.7 Å². The van der Waals surface area contributed by atoms with Crippen LogP contribution >= 0.6 is 11.8 Å². The largest absolute Gasteiger partial charge is 0.383 e. The molecule has 0 bridgehead atoms. The SMILES string of the molecule is CNc1ncc(Sc2cc(C)ncc2C(C)C)c(N)n1. The lowest BCUT2D eigenvalue weighted by molar-refractivity contribution is 0.828. The first-order chi connectivity index (χ1) is 9.51. The lowest BCUT2D eigenvalue weighted by Gasteiger charge is -2.13. The first-order valence-corrected chi connectivity index (χ1v) is 7.27. The average Bonchev–Trinajstić information content (AvgIpc) is 2.40. The lowest BCUT2D eigenvalue weighted by Crippen LogP contribution is -2.01. The second-order valence-corrected chi connectivity index (χ2v) is 5.90. The van der Waals surface area contributed by atoms with Crippen LogP contribution in [0.15, 0.2) is 28.3 Å². The second-order valence-electron chi connectivity index (χ2n) is 4.81. The van der Waals surface area contributed by atoms with E-state index in [1.54, 1.807) is 25.0 Å². The molecule has 2 aromatic rings. The fraction of sp³-hybridized carbons (Fsp3) is 0.357. The molecule has 0 amide bonds. The zero-order valence-corrected chi connectivity index (χ0v) is 13.0. The van der Waals surface area contributed by atoms with Gasteiger partial charge in [-0.15, -0.1) is 0 Å². The summed E-state index contributed by atoms with van der Waals surface area (Å²) in [5, 5.41) is 2.88. The van der Waals surface area contributed by atoms with Crippen LogP contribution in [0.3, 0.4) is 0 Å². The number of rotatable bonds is 4. The molecule has 106 valence electrons. The summed E-state index contributed by atoms with van der Waals surface area (Å²) in [5.41, 5.74) is 8.18. The summed E-state index contributed by atoms with van der Waals surface area (Å²) in [6.07, 6.45) is 3.68. The molecule has 0 aliphatic rings. The van der Waals surface area contributed by atoms with Crippen LogP contribution in [0, 0.1) is 6.92 Å². The molecule has 6 heteroatoms. The number of anilines is 2. The van der Waals surface area contributed by atoms with Gasteiger partial charge in [0.15, 0.2) is 0 Å². The molecule has 2 rings (SSSR count). The minimum Gasteiger partial charge on any atom is -0.383 e. The van der Waals surface area contributed by atoms with Crippen molar-refractivity contribution in [3.63, 3.8) is 0 Å². The number of nitrogens with one attached hydrogen (secondary N) is 1. The molecule has 0 atom stereocenters. The molecule has 0 saturated heterocycles. The van der Waals surface area contributed by atoms with Crippen molar-refractivity contribution in [3.05, 3.63) is 29.7 Å². The molecule has 2 aromatic heterocycles. The minimum atomic E-state index is 0.407. The van der Waals surface area contributed by atoms with Gasteiger partial charge in [0, 0.05) is 30.0 Å². The molecule has 2 heterocycles. The number of pyridine rings is 1. The van der Waals surface area contributed by atoms with E-state index in [1.165, 1.54) is 5.56 Å². The van der Waals surface area contributed by atoms with Crippen molar-refractivity contribution in [3.8, 4) is 0 Å². The normalized spacial score (nSPS) is 10.8. The van der Waals surface area contributed by atoms with Crippen LogP contribution in [-0.2, 0) is 0 Å². The van der Waals surface area contributed by atoms with Gasteiger partial charge in [-0.05, 0) is 24.5 Å². The molecule has 0 aliphatic carbocycles. The van der Waals surface area contributed by atoms with Crippen molar-refractivity contribution in [1.82, 2.24) is 15.0 Å². The molecule has 0 saturated carbocycles. The van der Waals surface area contributed by atoms with Crippen LogP contribution in [0.25, 0.3) is 0 Å². The van der Waals surface area contributed by atoms with Gasteiger partial charge in [-0.2, -0.15) is 4.98 Å². The van der Waals surface area contributed by atoms with E-state index in [4.69, 9.17) is 5.73 Å². The number of nitrogens with zero attached hydrogens (tertiary/aromatic N) is 3. The molecule has 0 radical (unpaired) electrons. The molecule has 3 N–H and O–H groups in total. The van der Waals surface area contributed by atoms with Gasteiger partial charge < -0.3 is 11.1 Å². The third-order valence-electron chi connectivity index (χ3n) is 2.88. The van der Waals surface area contributed by atoms with Crippen LogP contribution in [-0.4, -0.2) is 22.0 Å². The summed E-state index contributed by atoms with van der Waals surface area (Å²) >= 11 is 1.58. The highest BCUT2D eigenvalue weighted by Gasteiger charge is 2.12. The van der Waals surface area contributed by atoms with Gasteiger partial charge >= 0.3 is 0 Å². The first-order valence-electron chi connectivity index (χ1n) is 6.46. The van der Waals surface area contributed by atoms with Crippen molar-refractivity contribution >= 4 is 23.5 Å². The minimum absolute atomic E-state index is 0.407. The van der Waals surface area contributed by atoms with E-state index in [0.717, 1.165) is 15.5 Å². The Kier molecular flexibility index (Phi) is 4.44. The van der Waals surface area contributed by atoms with Crippen molar-refractivity contribution in [1.29, 1.82) is 0 Å². The monoisotopic (exact) mass is 289 g/mol. The van der Waals surface area contributed by atoms with Gasteiger partial charge in [-0.3, -0.25) is 4.98 Å². The van der Waals surface area contributed by atoms with E-state index in [1.807, 2.05) is 13.1 Å². The van der Waals surface area contributed by atoms with Crippen molar-refractivity contribution in [2.75, 3.05) is 18.1 Å². The molecule has 0 aliphatic heterocycles. The Morgan fingerprint density at radius 1 is 1.20 bits per heavy atom. The molecule has 0 spiro atoms. The Morgan fingerprint density at radius 2 is 1.95 bits per heavy atom. The highest BCUT2D eigenvalue weighted by atomic mass is 32.2. The molecule has 0 unspecified atom stereocenters. The van der Waals surface area contributed by atoms with Crippen LogP contribution in [0.2, 0.25) is 0 Å². The third kappa shape index (κ3) is 3.19. The zero-order chi connectivity index (χ0) is 14.7. The van der Waals surface area contributed by atoms with E-state index in [9.17, 15) is 0 Å². The molecular formula is C14H19N5S. The smallest absolute Gasteiger partial charge is 0.224 e. The first kappa shape index (κ1) is 14.6. The maximum Gasteiger partial charge on any atom is 0.224 e. The van der Waals surface area contributed by atoms with Crippen molar-refractivity contribution < 1.29 is 0 Å². The van der Waals surface area contributed by atoms with Crippen LogP contribution in [0.4, 0.5) is 11.8 Å². The Balaban J connectivity index is 2.36. The highest BCUT2D eigenvalue weighted by molar-refractivity contribution is 7.99. The maximum atomic E-state index is 5.98. The van der Waals surface area contributed by atoms with Crippen LogP contribution in [0.1, 0.15) is 31.0 Å². The summed E-state index contributed by atoms with van der Waals surface area (Å²) < 4.78 is 0. The van der Waals surface area contributed by atoms with Crippen LogP contribution < -0.4 is 11.1 Å². The number of hydrogen-bond acceptors (Lipinski definition) is 6. The summed E-state index contributed by atoms with van der Waals surface area (Å²) in [6.45, 7) is 6.29. The number of aromatic nitrogens is 3. The molecular weight excluding hydrogens is 270 g/mol. The Hall–Kier alpha value is -1.82. The van der Waals surface area contributed by atoms with Gasteiger partial charge in [0.05, 0.1) is 4.90 Å². The molecule has 20 heavy (non-hydrogen) atoms. The van der Waals surface area contributed by atoms with E-state index in [2.05, 4.69) is 40.2 Å². The summed E-state index contributed by atoms with van der Waals surface area (Å²) in [5.74, 6) is 1.42. The number of nitrogens with two attached hydrogens (primary N) is 1. The zero-order valence-electron chi connectivity index (χ0n) is 12.1. The highest BCUT2D eigenvalue weighted by Crippen LogP contribution is 2.36. The van der Waals surface area contributed by atoms with Crippen LogP contribution in [0.5, 0.6) is 0 Å². The van der Waals surface area contributed by atoms with E-state index in [-0.39, 0.29) is 0 Å². The fourth-order valence-electron chi connectivity index (χ4n) is 1.77. The molecule has 0 fully saturated rings. The lowest BCUT2D eigenvalue weighted by atomic mass is 10.1. The number of aryl methyl sites for hydroxylation is 1. The second kappa shape index (κ2) is 6.09. The predicted octanol–water partition coefficient (Wildman–Crippen LogP) is 3.08. The summed E-state index contributed by atoms with van der Waals surface area (Å²) in [6, 6.07) is 2.07. The van der Waals surface area contributed by atoms with E-state index >= 15 is 0 Å². The Bertz CT molecular complexity index is 613. The Morgan fingerprint density at radius 3 is 2.55 bits per heavy atom. The predicted molar refractivity (Wildman–Crippen MR) is 83.2 cm³/mol.